The van der Waals surface area contributed by atoms with Crippen LogP contribution in [0.4, 0.5) is 79.0 Å². The summed E-state index contributed by atoms with van der Waals surface area (Å²) in [6.45, 7) is 35.2. The molecule has 5 heterocycles. The van der Waals surface area contributed by atoms with Gasteiger partial charge in [0.15, 0.2) is 0 Å². The van der Waals surface area contributed by atoms with Crippen LogP contribution in [0.3, 0.4) is 0 Å². The molecule has 16 rings (SSSR count). The summed E-state index contributed by atoms with van der Waals surface area (Å²) in [5.74, 6) is -13.4. The number of halogens is 18. The molecule has 0 radical (unpaired) electrons. The zero-order valence-corrected chi connectivity index (χ0v) is 84.4. The first-order chi connectivity index (χ1) is 67.6. The van der Waals surface area contributed by atoms with Gasteiger partial charge in [-0.25, -0.2) is 24.0 Å². The van der Waals surface area contributed by atoms with Crippen molar-refractivity contribution < 1.29 is 224 Å². The van der Waals surface area contributed by atoms with Gasteiger partial charge in [0.1, 0.15) is 71.9 Å². The van der Waals surface area contributed by atoms with Gasteiger partial charge in [-0.1, -0.05) is 72.4 Å². The molecule has 5 N–H and O–H groups in total. The number of hydrogen-bond acceptors (Lipinski definition) is 30. The van der Waals surface area contributed by atoms with Crippen LogP contribution < -0.4 is 0 Å². The smallest absolute Gasteiger partial charge is 0.428 e. The molecule has 11 saturated carbocycles. The van der Waals surface area contributed by atoms with Crippen LogP contribution in [0.25, 0.3) is 0 Å². The number of esters is 10. The fourth-order valence-corrected chi connectivity index (χ4v) is 26.4. The molecule has 836 valence electrons. The third kappa shape index (κ3) is 20.9. The number of ether oxygens (including phenoxy) is 15. The Morgan fingerprint density at radius 3 is 1.18 bits per heavy atom. The van der Waals surface area contributed by atoms with Gasteiger partial charge in [-0.15, -0.1) is 0 Å². The molecule has 26 atom stereocenters. The maximum Gasteiger partial charge on any atom is 0.428 e. The van der Waals surface area contributed by atoms with E-state index in [1.807, 2.05) is 13.8 Å². The molecule has 30 nitrogen and oxygen atoms in total. The van der Waals surface area contributed by atoms with Gasteiger partial charge in [0.05, 0.1) is 90.0 Å². The average molecular weight is 2150 g/mol. The molecular formula is C100H130F18O30. The van der Waals surface area contributed by atoms with Crippen LogP contribution in [0.1, 0.15) is 219 Å². The molecule has 0 aromatic carbocycles. The lowest BCUT2D eigenvalue weighted by atomic mass is 9.62. The monoisotopic (exact) mass is 2150 g/mol. The minimum atomic E-state index is -6.04. The van der Waals surface area contributed by atoms with E-state index in [9.17, 15) is 153 Å². The second-order valence-corrected chi connectivity index (χ2v) is 45.3. The molecular weight excluding hydrogens is 2020 g/mol. The number of alkyl halides is 18. The standard InChI is InChI=1S/C21H24F6O6.C21H26F6O6.C20H30O6.C19H22F6O6.C19H28O6/c1-9(2)16(28)32-15-11-7-10-12(17(29)33-14(10)15)13(11)18(5-3-4-6-18)31-8-19(30,20(22,23)24)21(25,26)27;1-5-18(6-2,31-8-19(30,20(22,23)24)21(25,26)27)13-11-7-10-12(13)17(29)33-14(10)15(11)32-16(28)9(3)4;1-13(2)16(21)25-14-7-10-19(11-15(14)26-17(19)22)20(8-5-6-9-20)24-12-18(3,4)23;1-7(2)14(26)30-13-9-5-8-10(15(27)31-12(8)13)11(9)16(3,4)29-6-17(28,18(20,21)22)19(23,24)25;1-10(2)15(20)24-13-11-7-12-14(13)25-16(21)19(12,8-11)18(5,6)23-9-17(3,4)22/h10-15,30H,1,3-8H2,2H3;10-15,30H,3,5-8H2,1-2,4H3;14-15,23H,1,5-12H2,2-4H3;8-13,28H,1,5-6H2,2-4H3;11-14,22H,1,7-9H2,2-6H3. The summed E-state index contributed by atoms with van der Waals surface area (Å²) in [5.41, 5.74) is -23.9. The molecule has 11 aliphatic carbocycles. The van der Waals surface area contributed by atoms with Crippen molar-refractivity contribution in [1.29, 1.82) is 0 Å². The van der Waals surface area contributed by atoms with Crippen LogP contribution in [-0.4, -0.2) is 272 Å². The zero-order valence-electron chi connectivity index (χ0n) is 84.4. The maximum atomic E-state index is 13.2. The van der Waals surface area contributed by atoms with Crippen LogP contribution in [-0.2, 0) is 119 Å². The summed E-state index contributed by atoms with van der Waals surface area (Å²) in [7, 11) is 0. The summed E-state index contributed by atoms with van der Waals surface area (Å²) < 4.78 is 320. The van der Waals surface area contributed by atoms with E-state index in [-0.39, 0.29) is 85.3 Å². The van der Waals surface area contributed by atoms with E-state index < -0.39 is 298 Å². The number of hydrogen-bond donors (Lipinski definition) is 5. The Hall–Kier alpha value is -8.26. The summed E-state index contributed by atoms with van der Waals surface area (Å²) in [6.07, 6.45) is -34.1. The molecule has 5 saturated heterocycles. The highest BCUT2D eigenvalue weighted by Gasteiger charge is 2.81. The quantitative estimate of drug-likeness (QED) is 0.0181. The first kappa shape index (κ1) is 118. The van der Waals surface area contributed by atoms with Gasteiger partial charge >= 0.3 is 96.8 Å². The molecule has 10 bridgehead atoms. The molecule has 26 unspecified atom stereocenters. The van der Waals surface area contributed by atoms with Gasteiger partial charge in [0, 0.05) is 99.4 Å². The molecule has 0 amide bonds. The first-order valence-electron chi connectivity index (χ1n) is 49.1. The largest absolute Gasteiger partial charge is 0.458 e. The first-order valence-corrected chi connectivity index (χ1v) is 49.1. The fourth-order valence-electron chi connectivity index (χ4n) is 26.4. The Balaban J connectivity index is 0.000000165. The van der Waals surface area contributed by atoms with Crippen LogP contribution in [0.2, 0.25) is 0 Å². The minimum Gasteiger partial charge on any atom is -0.458 e. The lowest BCUT2D eigenvalue weighted by Gasteiger charge is -2.46. The normalized spacial score (nSPS) is 33.7. The third-order valence-electron chi connectivity index (χ3n) is 33.8. The number of carbonyl (C=O) groups is 10. The third-order valence-corrected chi connectivity index (χ3v) is 33.8. The predicted octanol–water partition coefficient (Wildman–Crippen LogP) is 14.8. The lowest BCUT2D eigenvalue weighted by Crippen LogP contribution is -2.62. The van der Waals surface area contributed by atoms with Crippen molar-refractivity contribution in [3.05, 3.63) is 60.8 Å². The average Bonchev–Trinajstić information content (AvgIpc) is 1.52. The van der Waals surface area contributed by atoms with Gasteiger partial charge in [-0.3, -0.25) is 24.0 Å². The van der Waals surface area contributed by atoms with E-state index >= 15 is 0 Å². The summed E-state index contributed by atoms with van der Waals surface area (Å²) in [6, 6.07) is 0. The lowest BCUT2D eigenvalue weighted by molar-refractivity contribution is -0.385. The number of carbonyl (C=O) groups excluding carboxylic acids is 10. The second-order valence-electron chi connectivity index (χ2n) is 45.3. The Morgan fingerprint density at radius 2 is 0.757 bits per heavy atom. The van der Waals surface area contributed by atoms with Crippen molar-refractivity contribution in [3.63, 3.8) is 0 Å². The van der Waals surface area contributed by atoms with Crippen molar-refractivity contribution in [1.82, 2.24) is 0 Å². The molecule has 148 heavy (non-hydrogen) atoms. The van der Waals surface area contributed by atoms with E-state index in [1.165, 1.54) is 48.5 Å². The highest BCUT2D eigenvalue weighted by Crippen LogP contribution is 2.71. The van der Waals surface area contributed by atoms with Crippen molar-refractivity contribution in [2.24, 2.45) is 93.7 Å². The molecule has 16 fully saturated rings. The highest BCUT2D eigenvalue weighted by molar-refractivity contribution is 5.90. The Kier molecular flexibility index (Phi) is 32.4. The molecule has 48 heteroatoms. The van der Waals surface area contributed by atoms with Crippen LogP contribution in [0.5, 0.6) is 0 Å². The molecule has 0 spiro atoms. The van der Waals surface area contributed by atoms with Crippen molar-refractivity contribution in [2.45, 2.75) is 374 Å². The fraction of sp³-hybridized carbons (Fsp3) is 0.800. The van der Waals surface area contributed by atoms with Crippen LogP contribution in [0, 0.1) is 93.7 Å². The van der Waals surface area contributed by atoms with Gasteiger partial charge in [0.25, 0.3) is 16.8 Å². The number of rotatable bonds is 32. The van der Waals surface area contributed by atoms with Crippen molar-refractivity contribution >= 4 is 59.7 Å². The maximum absolute atomic E-state index is 13.2. The van der Waals surface area contributed by atoms with Gasteiger partial charge < -0.3 is 96.6 Å². The minimum absolute atomic E-state index is 0.0373. The van der Waals surface area contributed by atoms with Gasteiger partial charge in [0.2, 0.25) is 0 Å². The van der Waals surface area contributed by atoms with Crippen LogP contribution >= 0.6 is 0 Å². The zero-order chi connectivity index (χ0) is 111. The van der Waals surface area contributed by atoms with Gasteiger partial charge in [-0.2, -0.15) is 79.0 Å². The topological polar surface area (TPSA) is 410 Å². The molecule has 5 aliphatic heterocycles. The number of fused-ring (bicyclic) bond motifs is 6. The van der Waals surface area contributed by atoms with Crippen molar-refractivity contribution in [2.75, 3.05) is 33.0 Å². The second kappa shape index (κ2) is 40.6. The van der Waals surface area contributed by atoms with Crippen LogP contribution in [0.15, 0.2) is 60.8 Å². The summed E-state index contributed by atoms with van der Waals surface area (Å²) in [4.78, 5) is 123. The van der Waals surface area contributed by atoms with E-state index in [2.05, 4.69) is 32.9 Å². The Morgan fingerprint density at radius 1 is 0.385 bits per heavy atom. The Bertz CT molecular complexity index is 4940. The molecule has 0 aromatic rings. The molecule has 16 aliphatic rings. The van der Waals surface area contributed by atoms with E-state index in [0.717, 1.165) is 32.1 Å². The highest BCUT2D eigenvalue weighted by atomic mass is 19.4. The summed E-state index contributed by atoms with van der Waals surface area (Å²) >= 11 is 0. The Labute approximate surface area is 841 Å². The predicted molar refractivity (Wildman–Crippen MR) is 471 cm³/mol. The van der Waals surface area contributed by atoms with E-state index in [4.69, 9.17) is 71.1 Å². The molecule has 0 aromatic heterocycles. The SMILES string of the molecule is C=C(C)C(=O)OC1C2CC3C1OC(=O)C3(C(C)(C)OCC(C)(C)O)C2.C=C(C)C(=O)OC1C2CC3C1OC(=O)C3C2C(C)(C)OCC(O)(C(F)(F)F)C(F)(F)F.C=C(C)C(=O)OC1C2CC3C1OC(=O)C3C2C(CC)(CC)OCC(O)(C(F)(F)F)C(F)(F)F.C=C(C)C(=O)OC1C2CC3C1OC(=O)C3C2C1(OCC(O)(C(F)(F)F)C(F)(F)F)CCCC1.C=C(C)C(=O)OC1CCC2(C3(OCC(C)(C)O)CCCC3)CC1OC2=O. The number of aliphatic hydroxyl groups is 5. The van der Waals surface area contributed by atoms with E-state index in [0.29, 0.717) is 68.9 Å². The van der Waals surface area contributed by atoms with Crippen molar-refractivity contribution in [3.8, 4) is 0 Å². The van der Waals surface area contributed by atoms with E-state index in [1.54, 1.807) is 41.5 Å². The summed E-state index contributed by atoms with van der Waals surface area (Å²) in [5, 5.41) is 48.7. The van der Waals surface area contributed by atoms with Gasteiger partial charge in [-0.05, 0) is 173 Å².